The van der Waals surface area contributed by atoms with Crippen LogP contribution in [0.4, 0.5) is 17.6 Å². The van der Waals surface area contributed by atoms with Gasteiger partial charge in [-0.2, -0.15) is 8.78 Å². The van der Waals surface area contributed by atoms with Crippen LogP contribution in [0.2, 0.25) is 0 Å². The number of hydrogen-bond donors (Lipinski definition) is 0. The molecule has 0 aliphatic carbocycles. The van der Waals surface area contributed by atoms with Crippen molar-refractivity contribution in [2.45, 2.75) is 13.3 Å². The van der Waals surface area contributed by atoms with E-state index in [-0.39, 0.29) is 5.75 Å². The topological polar surface area (TPSA) is 30.9 Å². The van der Waals surface area contributed by atoms with Crippen LogP contribution in [0, 0.1) is 23.3 Å². The van der Waals surface area contributed by atoms with Crippen molar-refractivity contribution in [1.82, 2.24) is 4.90 Å². The highest BCUT2D eigenvalue weighted by atomic mass is 19.2. The highest BCUT2D eigenvalue weighted by Gasteiger charge is 2.26. The molecule has 0 spiro atoms. The Labute approximate surface area is 172 Å². The van der Waals surface area contributed by atoms with Gasteiger partial charge in [0, 0.05) is 19.6 Å². The van der Waals surface area contributed by atoms with Gasteiger partial charge in [-0.05, 0) is 30.7 Å². The third kappa shape index (κ3) is 5.31. The number of ether oxygens (including phenoxy) is 3. The van der Waals surface area contributed by atoms with Crippen LogP contribution in [0.15, 0.2) is 30.3 Å². The summed E-state index contributed by atoms with van der Waals surface area (Å²) in [5, 5.41) is 0. The second-order valence-electron chi connectivity index (χ2n) is 6.74. The van der Waals surface area contributed by atoms with Crippen molar-refractivity contribution in [2.75, 3.05) is 39.5 Å². The summed E-state index contributed by atoms with van der Waals surface area (Å²) in [5.41, 5.74) is -0.783. The largest absolute Gasteiger partial charge is 0.494 e. The second kappa shape index (κ2) is 10.4. The van der Waals surface area contributed by atoms with Crippen molar-refractivity contribution in [3.63, 3.8) is 0 Å². The molecule has 2 aromatic carbocycles. The molecule has 1 heterocycles. The van der Waals surface area contributed by atoms with E-state index >= 15 is 0 Å². The lowest BCUT2D eigenvalue weighted by atomic mass is 10.1. The number of benzene rings is 2. The van der Waals surface area contributed by atoms with Crippen molar-refractivity contribution in [3.05, 3.63) is 59.2 Å². The first-order valence-electron chi connectivity index (χ1n) is 9.74. The van der Waals surface area contributed by atoms with E-state index in [9.17, 15) is 17.6 Å². The standard InChI is InChI=1S/C22H23F4NO3/c1-2-12-29-15-5-7-16(8-6-15)30-22-20(25)18(23)17(19(24)21(22)26)4-3-9-27-10-13-28-14-11-27/h3-8H,2,9-14H2,1H3. The van der Waals surface area contributed by atoms with E-state index in [1.54, 1.807) is 0 Å². The number of halogens is 4. The molecule has 162 valence electrons. The zero-order valence-electron chi connectivity index (χ0n) is 16.6. The number of rotatable bonds is 8. The summed E-state index contributed by atoms with van der Waals surface area (Å²) in [7, 11) is 0. The average molecular weight is 425 g/mol. The minimum atomic E-state index is -1.59. The maximum absolute atomic E-state index is 14.4. The van der Waals surface area contributed by atoms with Crippen molar-refractivity contribution in [2.24, 2.45) is 0 Å². The zero-order chi connectivity index (χ0) is 21.5. The molecule has 30 heavy (non-hydrogen) atoms. The fraction of sp³-hybridized carbons (Fsp3) is 0.364. The Balaban J connectivity index is 1.76. The molecule has 0 radical (unpaired) electrons. The minimum absolute atomic E-state index is 0.0195. The van der Waals surface area contributed by atoms with Gasteiger partial charge in [-0.1, -0.05) is 19.1 Å². The Morgan fingerprint density at radius 2 is 1.53 bits per heavy atom. The predicted molar refractivity (Wildman–Crippen MR) is 105 cm³/mol. The molecule has 4 nitrogen and oxygen atoms in total. The van der Waals surface area contributed by atoms with E-state index in [0.29, 0.717) is 45.2 Å². The van der Waals surface area contributed by atoms with Crippen molar-refractivity contribution in [3.8, 4) is 17.2 Å². The van der Waals surface area contributed by atoms with E-state index in [1.807, 2.05) is 11.8 Å². The average Bonchev–Trinajstić information content (AvgIpc) is 2.78. The first-order chi connectivity index (χ1) is 14.5. The molecule has 1 aliphatic rings. The Bertz CT molecular complexity index is 852. The van der Waals surface area contributed by atoms with Gasteiger partial charge in [0.1, 0.15) is 11.5 Å². The number of nitrogens with zero attached hydrogens (tertiary/aromatic N) is 1. The highest BCUT2D eigenvalue weighted by molar-refractivity contribution is 5.54. The predicted octanol–water partition coefficient (Wildman–Crippen LogP) is 5.17. The lowest BCUT2D eigenvalue weighted by Crippen LogP contribution is -2.36. The fourth-order valence-corrected chi connectivity index (χ4v) is 2.91. The molecule has 2 aromatic rings. The first kappa shape index (κ1) is 22.1. The summed E-state index contributed by atoms with van der Waals surface area (Å²) >= 11 is 0. The molecule has 1 aliphatic heterocycles. The van der Waals surface area contributed by atoms with E-state index < -0.39 is 34.6 Å². The third-order valence-corrected chi connectivity index (χ3v) is 4.53. The van der Waals surface area contributed by atoms with Crippen molar-refractivity contribution >= 4 is 6.08 Å². The highest BCUT2D eigenvalue weighted by Crippen LogP contribution is 2.34. The lowest BCUT2D eigenvalue weighted by Gasteiger charge is -2.25. The number of morpholine rings is 1. The van der Waals surface area contributed by atoms with Gasteiger partial charge in [-0.3, -0.25) is 4.90 Å². The van der Waals surface area contributed by atoms with E-state index in [1.165, 1.54) is 30.3 Å². The van der Waals surface area contributed by atoms with Crippen LogP contribution in [-0.2, 0) is 4.74 Å². The Hall–Kier alpha value is -2.58. The Morgan fingerprint density at radius 3 is 2.13 bits per heavy atom. The maximum Gasteiger partial charge on any atom is 0.205 e. The summed E-state index contributed by atoms with van der Waals surface area (Å²) in [4.78, 5) is 1.99. The molecule has 0 N–H and O–H groups in total. The Kier molecular flexibility index (Phi) is 7.70. The molecule has 0 amide bonds. The summed E-state index contributed by atoms with van der Waals surface area (Å²) in [6, 6.07) is 5.87. The van der Waals surface area contributed by atoms with Crippen LogP contribution in [0.5, 0.6) is 17.2 Å². The molecule has 0 atom stereocenters. The van der Waals surface area contributed by atoms with E-state index in [2.05, 4.69) is 0 Å². The molecule has 0 aromatic heterocycles. The minimum Gasteiger partial charge on any atom is -0.494 e. The van der Waals surface area contributed by atoms with Gasteiger partial charge in [0.15, 0.2) is 11.6 Å². The van der Waals surface area contributed by atoms with E-state index in [4.69, 9.17) is 14.2 Å². The van der Waals surface area contributed by atoms with Gasteiger partial charge in [0.05, 0.1) is 25.4 Å². The van der Waals surface area contributed by atoms with Gasteiger partial charge in [-0.15, -0.1) is 0 Å². The van der Waals surface area contributed by atoms with Crippen LogP contribution in [0.3, 0.4) is 0 Å². The molecule has 1 saturated heterocycles. The first-order valence-corrected chi connectivity index (χ1v) is 9.74. The molecular weight excluding hydrogens is 402 g/mol. The van der Waals surface area contributed by atoms with Gasteiger partial charge >= 0.3 is 0 Å². The monoisotopic (exact) mass is 425 g/mol. The normalized spacial score (nSPS) is 15.0. The quantitative estimate of drug-likeness (QED) is 0.431. The summed E-state index contributed by atoms with van der Waals surface area (Å²) in [6.07, 6.45) is 3.32. The third-order valence-electron chi connectivity index (χ3n) is 4.53. The molecule has 1 fully saturated rings. The van der Waals surface area contributed by atoms with Crippen molar-refractivity contribution < 1.29 is 31.8 Å². The van der Waals surface area contributed by atoms with Crippen LogP contribution in [-0.4, -0.2) is 44.4 Å². The van der Waals surface area contributed by atoms with Gasteiger partial charge < -0.3 is 14.2 Å². The van der Waals surface area contributed by atoms with Gasteiger partial charge in [0.2, 0.25) is 17.4 Å². The smallest absolute Gasteiger partial charge is 0.205 e. The molecule has 3 rings (SSSR count). The van der Waals surface area contributed by atoms with Crippen LogP contribution >= 0.6 is 0 Å². The molecule has 0 unspecified atom stereocenters. The van der Waals surface area contributed by atoms with Gasteiger partial charge in [-0.25, -0.2) is 8.78 Å². The molecule has 0 saturated carbocycles. The summed E-state index contributed by atoms with van der Waals surface area (Å²) in [6.45, 7) is 5.33. The Morgan fingerprint density at radius 1 is 0.933 bits per heavy atom. The second-order valence-corrected chi connectivity index (χ2v) is 6.74. The van der Waals surface area contributed by atoms with Crippen LogP contribution < -0.4 is 9.47 Å². The van der Waals surface area contributed by atoms with Gasteiger partial charge in [0.25, 0.3) is 0 Å². The van der Waals surface area contributed by atoms with E-state index in [0.717, 1.165) is 12.5 Å². The fourth-order valence-electron chi connectivity index (χ4n) is 2.91. The molecule has 8 heteroatoms. The van der Waals surface area contributed by atoms with Crippen molar-refractivity contribution in [1.29, 1.82) is 0 Å². The van der Waals surface area contributed by atoms with Crippen LogP contribution in [0.1, 0.15) is 18.9 Å². The zero-order valence-corrected chi connectivity index (χ0v) is 16.6. The molecule has 0 bridgehead atoms. The number of hydrogen-bond acceptors (Lipinski definition) is 4. The van der Waals surface area contributed by atoms with Crippen LogP contribution in [0.25, 0.3) is 6.08 Å². The summed E-state index contributed by atoms with van der Waals surface area (Å²) < 4.78 is 73.4. The summed E-state index contributed by atoms with van der Waals surface area (Å²) in [5.74, 6) is -6.76. The SMILES string of the molecule is CCCOc1ccc(Oc2c(F)c(F)c(C=CCN3CCOCC3)c(F)c2F)cc1. The lowest BCUT2D eigenvalue weighted by molar-refractivity contribution is 0.0435. The maximum atomic E-state index is 14.4. The molecular formula is C22H23F4NO3.